The smallest absolute Gasteiger partial charge is 0.223 e. The molecule has 0 spiro atoms. The number of anilines is 1. The van der Waals surface area contributed by atoms with E-state index >= 15 is 0 Å². The Kier molecular flexibility index (Phi) is 4.85. The van der Waals surface area contributed by atoms with Crippen molar-refractivity contribution < 1.29 is 4.79 Å². The largest absolute Gasteiger partial charge is 0.355 e. The molecule has 24 heavy (non-hydrogen) atoms. The van der Waals surface area contributed by atoms with E-state index in [1.807, 2.05) is 50.4 Å². The second kappa shape index (κ2) is 6.89. The van der Waals surface area contributed by atoms with Crippen molar-refractivity contribution in [3.8, 4) is 10.6 Å². The lowest BCUT2D eigenvalue weighted by molar-refractivity contribution is -0.127. The van der Waals surface area contributed by atoms with Crippen LogP contribution in [0.4, 0.5) is 5.82 Å². The third kappa shape index (κ3) is 4.12. The highest BCUT2D eigenvalue weighted by Gasteiger charge is 2.27. The fourth-order valence-electron chi connectivity index (χ4n) is 2.89. The van der Waals surface area contributed by atoms with Crippen LogP contribution in [0.15, 0.2) is 29.6 Å². The van der Waals surface area contributed by atoms with Crippen molar-refractivity contribution in [2.45, 2.75) is 39.2 Å². The van der Waals surface area contributed by atoms with E-state index in [9.17, 15) is 4.79 Å². The molecule has 6 heteroatoms. The van der Waals surface area contributed by atoms with Gasteiger partial charge in [0.05, 0.1) is 4.88 Å². The van der Waals surface area contributed by atoms with Crippen LogP contribution in [0.2, 0.25) is 0 Å². The number of carbonyl (C=O) groups is 1. The average Bonchev–Trinajstić information content (AvgIpc) is 3.08. The molecule has 1 fully saturated rings. The minimum absolute atomic E-state index is 0.0961. The number of nitrogens with zero attached hydrogens (tertiary/aromatic N) is 3. The van der Waals surface area contributed by atoms with Crippen LogP contribution in [0.5, 0.6) is 0 Å². The van der Waals surface area contributed by atoms with Crippen molar-refractivity contribution in [2.24, 2.45) is 5.92 Å². The molecule has 1 N–H and O–H groups in total. The lowest BCUT2D eigenvalue weighted by Gasteiger charge is -2.33. The number of hydrogen-bond acceptors (Lipinski definition) is 5. The van der Waals surface area contributed by atoms with Crippen LogP contribution in [0.3, 0.4) is 0 Å². The summed E-state index contributed by atoms with van der Waals surface area (Å²) in [6.45, 7) is 7.74. The molecule has 0 saturated carbocycles. The monoisotopic (exact) mass is 344 g/mol. The maximum Gasteiger partial charge on any atom is 0.223 e. The van der Waals surface area contributed by atoms with E-state index < -0.39 is 0 Å². The highest BCUT2D eigenvalue weighted by Crippen LogP contribution is 2.25. The van der Waals surface area contributed by atoms with Crippen molar-refractivity contribution in [3.05, 3.63) is 29.6 Å². The number of amides is 1. The van der Waals surface area contributed by atoms with E-state index in [0.717, 1.165) is 42.3 Å². The lowest BCUT2D eigenvalue weighted by Crippen LogP contribution is -2.47. The van der Waals surface area contributed by atoms with Gasteiger partial charge in [0.2, 0.25) is 5.91 Å². The molecule has 0 aromatic carbocycles. The molecular weight excluding hydrogens is 320 g/mol. The Morgan fingerprint density at radius 3 is 2.50 bits per heavy atom. The topological polar surface area (TPSA) is 58.1 Å². The zero-order valence-corrected chi connectivity index (χ0v) is 15.3. The van der Waals surface area contributed by atoms with E-state index in [0.29, 0.717) is 0 Å². The third-order valence-corrected chi connectivity index (χ3v) is 5.00. The van der Waals surface area contributed by atoms with E-state index in [1.54, 1.807) is 11.3 Å². The molecule has 3 rings (SSSR count). The first kappa shape index (κ1) is 16.9. The lowest BCUT2D eigenvalue weighted by atomic mass is 9.94. The van der Waals surface area contributed by atoms with E-state index in [-0.39, 0.29) is 17.4 Å². The van der Waals surface area contributed by atoms with Gasteiger partial charge in [0, 0.05) is 24.5 Å². The van der Waals surface area contributed by atoms with Crippen LogP contribution in [0, 0.1) is 5.92 Å². The highest BCUT2D eigenvalue weighted by atomic mass is 32.1. The molecule has 0 unspecified atom stereocenters. The Morgan fingerprint density at radius 1 is 1.21 bits per heavy atom. The van der Waals surface area contributed by atoms with Gasteiger partial charge in [0.1, 0.15) is 5.69 Å². The summed E-state index contributed by atoms with van der Waals surface area (Å²) in [4.78, 5) is 15.6. The molecule has 2 aromatic heterocycles. The molecule has 1 saturated heterocycles. The SMILES string of the molecule is CC(C)(C)NC(=O)C1CCN(c2ccc(-c3cccs3)nn2)CC1. The Hall–Kier alpha value is -1.95. The Bertz CT molecular complexity index is 668. The number of nitrogens with one attached hydrogen (secondary N) is 1. The first-order chi connectivity index (χ1) is 11.4. The molecule has 2 aromatic rings. The normalized spacial score (nSPS) is 16.2. The Balaban J connectivity index is 1.58. The van der Waals surface area contributed by atoms with Gasteiger partial charge < -0.3 is 10.2 Å². The molecular formula is C18H24N4OS. The van der Waals surface area contributed by atoms with E-state index in [2.05, 4.69) is 20.4 Å². The first-order valence-corrected chi connectivity index (χ1v) is 9.25. The van der Waals surface area contributed by atoms with Crippen molar-refractivity contribution in [2.75, 3.05) is 18.0 Å². The summed E-state index contributed by atoms with van der Waals surface area (Å²) >= 11 is 1.66. The first-order valence-electron chi connectivity index (χ1n) is 8.37. The third-order valence-electron chi connectivity index (χ3n) is 4.11. The fraction of sp³-hybridized carbons (Fsp3) is 0.500. The van der Waals surface area contributed by atoms with Gasteiger partial charge in [-0.1, -0.05) is 6.07 Å². The molecule has 5 nitrogen and oxygen atoms in total. The van der Waals surface area contributed by atoms with Gasteiger partial charge in [-0.2, -0.15) is 0 Å². The van der Waals surface area contributed by atoms with Gasteiger partial charge in [0.15, 0.2) is 5.82 Å². The van der Waals surface area contributed by atoms with Crippen LogP contribution < -0.4 is 10.2 Å². The zero-order valence-electron chi connectivity index (χ0n) is 14.5. The summed E-state index contributed by atoms with van der Waals surface area (Å²) in [6, 6.07) is 8.11. The molecule has 0 bridgehead atoms. The maximum absolute atomic E-state index is 12.3. The van der Waals surface area contributed by atoms with Gasteiger partial charge in [-0.25, -0.2) is 0 Å². The molecule has 0 radical (unpaired) electrons. The quantitative estimate of drug-likeness (QED) is 0.928. The molecule has 1 amide bonds. The van der Waals surface area contributed by atoms with Gasteiger partial charge in [-0.15, -0.1) is 21.5 Å². The molecule has 0 aliphatic carbocycles. The highest BCUT2D eigenvalue weighted by molar-refractivity contribution is 7.13. The summed E-state index contributed by atoms with van der Waals surface area (Å²) < 4.78 is 0. The molecule has 0 atom stereocenters. The fourth-order valence-corrected chi connectivity index (χ4v) is 3.58. The van der Waals surface area contributed by atoms with E-state index in [4.69, 9.17) is 0 Å². The number of carbonyl (C=O) groups excluding carboxylic acids is 1. The Labute approximate surface area is 147 Å². The van der Waals surface area contributed by atoms with Crippen LogP contribution in [0.1, 0.15) is 33.6 Å². The predicted molar refractivity (Wildman–Crippen MR) is 98.2 cm³/mol. The van der Waals surface area contributed by atoms with Gasteiger partial charge >= 0.3 is 0 Å². The van der Waals surface area contributed by atoms with Crippen LogP contribution in [-0.4, -0.2) is 34.7 Å². The van der Waals surface area contributed by atoms with Crippen molar-refractivity contribution in [1.82, 2.24) is 15.5 Å². The van der Waals surface area contributed by atoms with Gasteiger partial charge in [-0.3, -0.25) is 4.79 Å². The summed E-state index contributed by atoms with van der Waals surface area (Å²) in [7, 11) is 0. The number of piperidine rings is 1. The second-order valence-corrected chi connectivity index (χ2v) is 8.20. The van der Waals surface area contributed by atoms with Crippen molar-refractivity contribution in [1.29, 1.82) is 0 Å². The van der Waals surface area contributed by atoms with Crippen LogP contribution in [-0.2, 0) is 4.79 Å². The Morgan fingerprint density at radius 2 is 1.96 bits per heavy atom. The van der Waals surface area contributed by atoms with Crippen LogP contribution in [0.25, 0.3) is 10.6 Å². The minimum Gasteiger partial charge on any atom is -0.355 e. The maximum atomic E-state index is 12.3. The summed E-state index contributed by atoms with van der Waals surface area (Å²) in [5.41, 5.74) is 0.741. The number of aromatic nitrogens is 2. The molecule has 3 heterocycles. The zero-order chi connectivity index (χ0) is 17.2. The van der Waals surface area contributed by atoms with Crippen molar-refractivity contribution >= 4 is 23.1 Å². The summed E-state index contributed by atoms with van der Waals surface area (Å²) in [5, 5.41) is 13.8. The second-order valence-electron chi connectivity index (χ2n) is 7.25. The molecule has 1 aliphatic heterocycles. The summed E-state index contributed by atoms with van der Waals surface area (Å²) in [6.07, 6.45) is 1.71. The number of rotatable bonds is 3. The molecule has 128 valence electrons. The standard InChI is InChI=1S/C18H24N4OS/c1-18(2,3)19-17(23)13-8-10-22(11-9-13)16-7-6-14(20-21-16)15-5-4-12-24-15/h4-7,12-13H,8-11H2,1-3H3,(H,19,23). The number of thiophene rings is 1. The minimum atomic E-state index is -0.169. The van der Waals surface area contributed by atoms with Gasteiger partial charge in [0.25, 0.3) is 0 Å². The van der Waals surface area contributed by atoms with Crippen LogP contribution >= 0.6 is 11.3 Å². The average molecular weight is 344 g/mol. The van der Waals surface area contributed by atoms with E-state index in [1.165, 1.54) is 0 Å². The predicted octanol–water partition coefficient (Wildman–Crippen LogP) is 3.34. The summed E-state index contributed by atoms with van der Waals surface area (Å²) in [5.74, 6) is 1.16. The van der Waals surface area contributed by atoms with Gasteiger partial charge in [-0.05, 0) is 57.2 Å². The van der Waals surface area contributed by atoms with Crippen molar-refractivity contribution in [3.63, 3.8) is 0 Å². The number of hydrogen-bond donors (Lipinski definition) is 1. The molecule has 1 aliphatic rings.